The van der Waals surface area contributed by atoms with Crippen molar-refractivity contribution in [3.05, 3.63) is 52.9 Å². The number of rotatable bonds is 4. The Morgan fingerprint density at radius 3 is 2.60 bits per heavy atom. The van der Waals surface area contributed by atoms with E-state index in [9.17, 15) is 0 Å². The lowest BCUT2D eigenvalue weighted by atomic mass is 9.89. The number of hydrogen-bond donors (Lipinski definition) is 1. The Labute approximate surface area is 201 Å². The van der Waals surface area contributed by atoms with Crippen LogP contribution in [0.25, 0.3) is 0 Å². The molecule has 1 aromatic heterocycles. The number of guanidine groups is 1. The van der Waals surface area contributed by atoms with Crippen LogP contribution in [-0.4, -0.2) is 57.2 Å². The minimum atomic E-state index is 0. The van der Waals surface area contributed by atoms with Crippen LogP contribution in [-0.2, 0) is 4.74 Å². The van der Waals surface area contributed by atoms with Crippen molar-refractivity contribution in [2.75, 3.05) is 51.3 Å². The fourth-order valence-corrected chi connectivity index (χ4v) is 5.11. The molecule has 0 bridgehead atoms. The van der Waals surface area contributed by atoms with Gasteiger partial charge in [-0.2, -0.15) is 0 Å². The maximum atomic E-state index is 6.18. The maximum Gasteiger partial charge on any atom is 0.193 e. The van der Waals surface area contributed by atoms with Crippen LogP contribution in [0.2, 0.25) is 0 Å². The predicted molar refractivity (Wildman–Crippen MR) is 137 cm³/mol. The zero-order valence-corrected chi connectivity index (χ0v) is 21.1. The summed E-state index contributed by atoms with van der Waals surface area (Å²) in [6.45, 7) is 7.97. The topological polar surface area (TPSA) is 40.1 Å². The van der Waals surface area contributed by atoms with Gasteiger partial charge in [-0.25, -0.2) is 0 Å². The van der Waals surface area contributed by atoms with Gasteiger partial charge in [0.2, 0.25) is 0 Å². The van der Waals surface area contributed by atoms with Gasteiger partial charge in [0.25, 0.3) is 0 Å². The summed E-state index contributed by atoms with van der Waals surface area (Å²) in [5, 5.41) is 7.17. The molecule has 5 nitrogen and oxygen atoms in total. The molecular weight excluding hydrogens is 507 g/mol. The van der Waals surface area contributed by atoms with Crippen LogP contribution in [0.5, 0.6) is 0 Å². The van der Waals surface area contributed by atoms with Gasteiger partial charge in [-0.1, -0.05) is 29.8 Å². The molecule has 164 valence electrons. The number of halogens is 1. The molecule has 2 atom stereocenters. The fraction of sp³-hybridized carbons (Fsp3) is 0.522. The molecule has 1 N–H and O–H groups in total. The van der Waals surface area contributed by atoms with Crippen LogP contribution in [0, 0.1) is 12.8 Å². The van der Waals surface area contributed by atoms with Crippen molar-refractivity contribution in [1.29, 1.82) is 0 Å². The van der Waals surface area contributed by atoms with E-state index in [1.54, 1.807) is 0 Å². The van der Waals surface area contributed by atoms with Gasteiger partial charge in [0.15, 0.2) is 5.96 Å². The van der Waals surface area contributed by atoms with Gasteiger partial charge < -0.3 is 19.9 Å². The summed E-state index contributed by atoms with van der Waals surface area (Å²) in [6, 6.07) is 13.1. The smallest absolute Gasteiger partial charge is 0.193 e. The summed E-state index contributed by atoms with van der Waals surface area (Å²) in [7, 11) is 1.89. The van der Waals surface area contributed by atoms with Crippen molar-refractivity contribution in [2.45, 2.75) is 25.9 Å². The quantitative estimate of drug-likeness (QED) is 0.351. The van der Waals surface area contributed by atoms with Gasteiger partial charge >= 0.3 is 0 Å². The Hall–Kier alpha value is -1.32. The molecule has 2 aromatic rings. The van der Waals surface area contributed by atoms with Crippen LogP contribution in [0.1, 0.15) is 30.1 Å². The van der Waals surface area contributed by atoms with Crippen molar-refractivity contribution in [3.8, 4) is 0 Å². The average molecular weight is 541 g/mol. The SMILES string of the molecule is CN=C(NCC1CCCOC1c1ccc(C)cc1)N1CCN(c2cccs2)CC1.I. The number of piperazine rings is 1. The third-order valence-electron chi connectivity index (χ3n) is 5.98. The summed E-state index contributed by atoms with van der Waals surface area (Å²) in [4.78, 5) is 9.42. The standard InChI is InChI=1S/C23H32N4OS.HI/c1-18-7-9-19(10-8-18)22-20(5-3-15-28-22)17-25-23(24-2)27-13-11-26(12-14-27)21-6-4-16-29-21;/h4,6-10,16,20,22H,3,5,11-15,17H2,1-2H3,(H,24,25);1H. The molecule has 7 heteroatoms. The second kappa shape index (κ2) is 11.3. The summed E-state index contributed by atoms with van der Waals surface area (Å²) in [5.74, 6) is 1.49. The number of aryl methyl sites for hydroxylation is 1. The first kappa shape index (κ1) is 23.3. The summed E-state index contributed by atoms with van der Waals surface area (Å²) in [5.41, 5.74) is 2.59. The van der Waals surface area contributed by atoms with Crippen LogP contribution >= 0.6 is 35.3 Å². The van der Waals surface area contributed by atoms with Crippen LogP contribution in [0.15, 0.2) is 46.8 Å². The molecule has 0 radical (unpaired) electrons. The highest BCUT2D eigenvalue weighted by Gasteiger charge is 2.28. The van der Waals surface area contributed by atoms with Gasteiger partial charge in [0, 0.05) is 52.3 Å². The molecule has 2 saturated heterocycles. The Balaban J connectivity index is 0.00000256. The lowest BCUT2D eigenvalue weighted by Crippen LogP contribution is -2.53. The third kappa shape index (κ3) is 5.68. The number of anilines is 1. The monoisotopic (exact) mass is 540 g/mol. The van der Waals surface area contributed by atoms with Gasteiger partial charge in [0.05, 0.1) is 11.1 Å². The number of hydrogen-bond acceptors (Lipinski definition) is 4. The van der Waals surface area contributed by atoms with E-state index in [1.165, 1.54) is 22.5 Å². The van der Waals surface area contributed by atoms with E-state index in [1.807, 2.05) is 18.4 Å². The number of benzene rings is 1. The van der Waals surface area contributed by atoms with Crippen molar-refractivity contribution in [3.63, 3.8) is 0 Å². The van der Waals surface area contributed by atoms with Crippen molar-refractivity contribution in [1.82, 2.24) is 10.2 Å². The average Bonchev–Trinajstić information content (AvgIpc) is 3.31. The molecule has 2 aliphatic heterocycles. The van der Waals surface area contributed by atoms with E-state index in [0.717, 1.165) is 51.7 Å². The first-order chi connectivity index (χ1) is 14.2. The fourth-order valence-electron chi connectivity index (χ4n) is 4.32. The first-order valence-corrected chi connectivity index (χ1v) is 11.5. The number of aliphatic imine (C=N–C) groups is 1. The number of thiophene rings is 1. The van der Waals surface area contributed by atoms with E-state index >= 15 is 0 Å². The van der Waals surface area contributed by atoms with Crippen LogP contribution in [0.4, 0.5) is 5.00 Å². The van der Waals surface area contributed by atoms with Gasteiger partial charge in [0.1, 0.15) is 0 Å². The van der Waals surface area contributed by atoms with E-state index in [2.05, 4.69) is 68.8 Å². The second-order valence-electron chi connectivity index (χ2n) is 7.96. The lowest BCUT2D eigenvalue weighted by molar-refractivity contribution is -0.0266. The highest BCUT2D eigenvalue weighted by molar-refractivity contribution is 14.0. The highest BCUT2D eigenvalue weighted by Crippen LogP contribution is 2.33. The molecule has 2 fully saturated rings. The van der Waals surface area contributed by atoms with Crippen molar-refractivity contribution >= 4 is 46.3 Å². The first-order valence-electron chi connectivity index (χ1n) is 10.7. The largest absolute Gasteiger partial charge is 0.373 e. The molecule has 2 aliphatic rings. The van der Waals surface area contributed by atoms with Gasteiger partial charge in [-0.15, -0.1) is 35.3 Å². The Morgan fingerprint density at radius 1 is 1.17 bits per heavy atom. The van der Waals surface area contributed by atoms with Crippen LogP contribution < -0.4 is 10.2 Å². The van der Waals surface area contributed by atoms with Crippen molar-refractivity contribution < 1.29 is 4.74 Å². The predicted octanol–water partition coefficient (Wildman–Crippen LogP) is 4.54. The maximum absolute atomic E-state index is 6.18. The van der Waals surface area contributed by atoms with E-state index in [-0.39, 0.29) is 30.1 Å². The normalized spacial score (nSPS) is 22.5. The summed E-state index contributed by atoms with van der Waals surface area (Å²) >= 11 is 1.82. The molecule has 4 rings (SSSR count). The molecule has 0 saturated carbocycles. The van der Waals surface area contributed by atoms with Crippen molar-refractivity contribution in [2.24, 2.45) is 10.9 Å². The molecule has 0 amide bonds. The Bertz CT molecular complexity index is 788. The molecule has 30 heavy (non-hydrogen) atoms. The number of nitrogens with one attached hydrogen (secondary N) is 1. The van der Waals surface area contributed by atoms with E-state index in [0.29, 0.717) is 5.92 Å². The summed E-state index contributed by atoms with van der Waals surface area (Å²) < 4.78 is 6.18. The molecular formula is C23H33IN4OS. The van der Waals surface area contributed by atoms with E-state index < -0.39 is 0 Å². The molecule has 1 aromatic carbocycles. The summed E-state index contributed by atoms with van der Waals surface area (Å²) in [6.07, 6.45) is 2.49. The minimum absolute atomic E-state index is 0. The Kier molecular flexibility index (Phi) is 8.83. The molecule has 0 spiro atoms. The lowest BCUT2D eigenvalue weighted by Gasteiger charge is -2.38. The van der Waals surface area contributed by atoms with E-state index in [4.69, 9.17) is 4.74 Å². The van der Waals surface area contributed by atoms with Crippen LogP contribution in [0.3, 0.4) is 0 Å². The number of nitrogens with zero attached hydrogens (tertiary/aromatic N) is 3. The third-order valence-corrected chi connectivity index (χ3v) is 6.91. The minimum Gasteiger partial charge on any atom is -0.373 e. The second-order valence-corrected chi connectivity index (χ2v) is 8.88. The number of ether oxygens (including phenoxy) is 1. The van der Waals surface area contributed by atoms with Gasteiger partial charge in [-0.3, -0.25) is 4.99 Å². The van der Waals surface area contributed by atoms with Gasteiger partial charge in [-0.05, 0) is 42.8 Å². The molecule has 0 aliphatic carbocycles. The molecule has 2 unspecified atom stereocenters. The highest BCUT2D eigenvalue weighted by atomic mass is 127. The zero-order valence-electron chi connectivity index (χ0n) is 17.9. The molecule has 3 heterocycles. The Morgan fingerprint density at radius 2 is 1.93 bits per heavy atom. The zero-order chi connectivity index (χ0) is 20.1.